The number of carbonyl (C=O) groups is 1. The fourth-order valence-electron chi connectivity index (χ4n) is 5.56. The number of fused-ring (bicyclic) bond motifs is 1. The van der Waals surface area contributed by atoms with Crippen LogP contribution in [0.2, 0.25) is 0 Å². The summed E-state index contributed by atoms with van der Waals surface area (Å²) >= 11 is 0. The maximum Gasteiger partial charge on any atom is 0.253 e. The van der Waals surface area contributed by atoms with E-state index in [1.807, 2.05) is 26.0 Å². The third kappa shape index (κ3) is 3.76. The van der Waals surface area contributed by atoms with E-state index in [-0.39, 0.29) is 5.91 Å². The number of hydrogen-bond donors (Lipinski definition) is 2. The summed E-state index contributed by atoms with van der Waals surface area (Å²) in [6.45, 7) is 10.2. The van der Waals surface area contributed by atoms with Crippen molar-refractivity contribution in [1.29, 1.82) is 0 Å². The number of aromatic amines is 1. The lowest BCUT2D eigenvalue weighted by atomic mass is 9.71. The summed E-state index contributed by atoms with van der Waals surface area (Å²) in [5.74, 6) is 0.162. The highest BCUT2D eigenvalue weighted by Gasteiger charge is 2.36. The molecular formula is C26H32N4O. The number of rotatable bonds is 2. The van der Waals surface area contributed by atoms with Crippen molar-refractivity contribution in [3.63, 3.8) is 0 Å². The molecule has 0 bridgehead atoms. The van der Waals surface area contributed by atoms with E-state index in [0.717, 1.165) is 72.7 Å². The number of aryl methyl sites for hydroxylation is 3. The normalized spacial score (nSPS) is 18.6. The Morgan fingerprint density at radius 3 is 2.32 bits per heavy atom. The number of H-pyrrole nitrogens is 1. The Bertz CT molecular complexity index is 1110. The number of amides is 1. The Hall–Kier alpha value is -2.66. The summed E-state index contributed by atoms with van der Waals surface area (Å²) in [5.41, 5.74) is 7.76. The molecule has 2 saturated heterocycles. The highest BCUT2D eigenvalue weighted by atomic mass is 16.2. The maximum atomic E-state index is 13.3. The van der Waals surface area contributed by atoms with Gasteiger partial charge >= 0.3 is 0 Å². The molecule has 1 aromatic carbocycles. The number of likely N-dealkylation sites (tertiary alicyclic amines) is 1. The van der Waals surface area contributed by atoms with Gasteiger partial charge in [-0.05, 0) is 94.8 Å². The molecule has 31 heavy (non-hydrogen) atoms. The number of aromatic nitrogens is 2. The number of carbonyl (C=O) groups excluding carboxylic acids is 1. The number of pyridine rings is 1. The van der Waals surface area contributed by atoms with Gasteiger partial charge in [-0.15, -0.1) is 0 Å². The van der Waals surface area contributed by atoms with Crippen molar-refractivity contribution < 1.29 is 4.79 Å². The van der Waals surface area contributed by atoms with Crippen LogP contribution in [0.25, 0.3) is 22.2 Å². The summed E-state index contributed by atoms with van der Waals surface area (Å²) < 4.78 is 0. The zero-order chi connectivity index (χ0) is 21.6. The molecule has 2 aromatic heterocycles. The molecule has 0 radical (unpaired) electrons. The van der Waals surface area contributed by atoms with Crippen molar-refractivity contribution in [3.05, 3.63) is 52.8 Å². The maximum absolute atomic E-state index is 13.3. The van der Waals surface area contributed by atoms with E-state index in [0.29, 0.717) is 5.41 Å². The second kappa shape index (κ2) is 7.79. The van der Waals surface area contributed by atoms with E-state index in [1.165, 1.54) is 23.8 Å². The average Bonchev–Trinajstić information content (AvgIpc) is 3.10. The molecule has 5 nitrogen and oxygen atoms in total. The largest absolute Gasteiger partial charge is 0.354 e. The van der Waals surface area contributed by atoms with E-state index >= 15 is 0 Å². The highest BCUT2D eigenvalue weighted by Crippen LogP contribution is 2.40. The first-order valence-corrected chi connectivity index (χ1v) is 11.5. The van der Waals surface area contributed by atoms with Crippen molar-refractivity contribution in [3.8, 4) is 11.3 Å². The number of nitrogens with one attached hydrogen (secondary N) is 2. The standard InChI is InChI=1S/C26H32N4O/c1-17-14-21(15-18(2)28-17)24-19(3)22-5-4-20(16-23(22)29-24)25(31)30-12-8-26(9-13-30)6-10-27-11-7-26/h4-5,14-16,27,29H,6-13H2,1-3H3. The predicted molar refractivity (Wildman–Crippen MR) is 125 cm³/mol. The van der Waals surface area contributed by atoms with Gasteiger partial charge in [0.2, 0.25) is 0 Å². The van der Waals surface area contributed by atoms with Gasteiger partial charge in [0.15, 0.2) is 0 Å². The fraction of sp³-hybridized carbons (Fsp3) is 0.462. The van der Waals surface area contributed by atoms with E-state index in [2.05, 4.69) is 45.3 Å². The van der Waals surface area contributed by atoms with Crippen molar-refractivity contribution in [2.24, 2.45) is 5.41 Å². The summed E-state index contributed by atoms with van der Waals surface area (Å²) in [5, 5.41) is 4.64. The van der Waals surface area contributed by atoms with Gasteiger partial charge in [0.25, 0.3) is 5.91 Å². The van der Waals surface area contributed by atoms with Crippen molar-refractivity contribution in [2.45, 2.75) is 46.5 Å². The van der Waals surface area contributed by atoms with Crippen LogP contribution in [0.15, 0.2) is 30.3 Å². The minimum Gasteiger partial charge on any atom is -0.354 e. The third-order valence-corrected chi connectivity index (χ3v) is 7.45. The summed E-state index contributed by atoms with van der Waals surface area (Å²) in [4.78, 5) is 23.4. The van der Waals surface area contributed by atoms with Crippen LogP contribution in [-0.4, -0.2) is 47.0 Å². The number of nitrogens with zero attached hydrogens (tertiary/aromatic N) is 2. The second-order valence-electron chi connectivity index (χ2n) is 9.57. The molecule has 5 heteroatoms. The van der Waals surface area contributed by atoms with E-state index in [4.69, 9.17) is 0 Å². The first-order valence-electron chi connectivity index (χ1n) is 11.5. The first kappa shape index (κ1) is 20.3. The molecule has 4 heterocycles. The molecule has 1 spiro atoms. The van der Waals surface area contributed by atoms with Crippen LogP contribution < -0.4 is 5.32 Å². The van der Waals surface area contributed by atoms with Crippen LogP contribution in [0.4, 0.5) is 0 Å². The third-order valence-electron chi connectivity index (χ3n) is 7.45. The van der Waals surface area contributed by atoms with Crippen molar-refractivity contribution >= 4 is 16.8 Å². The Labute approximate surface area is 184 Å². The summed E-state index contributed by atoms with van der Waals surface area (Å²) in [6, 6.07) is 10.3. The summed E-state index contributed by atoms with van der Waals surface area (Å²) in [7, 11) is 0. The van der Waals surface area contributed by atoms with E-state index in [1.54, 1.807) is 0 Å². The second-order valence-corrected chi connectivity index (χ2v) is 9.57. The molecule has 2 fully saturated rings. The minimum atomic E-state index is 0.162. The highest BCUT2D eigenvalue weighted by molar-refractivity contribution is 6.00. The van der Waals surface area contributed by atoms with Crippen LogP contribution in [-0.2, 0) is 0 Å². The molecule has 3 aromatic rings. The molecule has 0 atom stereocenters. The van der Waals surface area contributed by atoms with Gasteiger partial charge in [0, 0.05) is 52.2 Å². The molecule has 2 aliphatic heterocycles. The van der Waals surface area contributed by atoms with Gasteiger partial charge in [0.1, 0.15) is 0 Å². The molecule has 2 aliphatic rings. The fourth-order valence-corrected chi connectivity index (χ4v) is 5.56. The molecule has 0 aliphatic carbocycles. The van der Waals surface area contributed by atoms with Crippen LogP contribution in [0.3, 0.4) is 0 Å². The molecule has 2 N–H and O–H groups in total. The van der Waals surface area contributed by atoms with Crippen LogP contribution in [0, 0.1) is 26.2 Å². The van der Waals surface area contributed by atoms with Crippen LogP contribution >= 0.6 is 0 Å². The lowest BCUT2D eigenvalue weighted by molar-refractivity contribution is 0.0496. The van der Waals surface area contributed by atoms with Gasteiger partial charge in [-0.1, -0.05) is 6.07 Å². The van der Waals surface area contributed by atoms with Gasteiger partial charge < -0.3 is 15.2 Å². The minimum absolute atomic E-state index is 0.162. The molecule has 0 unspecified atom stereocenters. The van der Waals surface area contributed by atoms with Gasteiger partial charge in [-0.2, -0.15) is 0 Å². The zero-order valence-electron chi connectivity index (χ0n) is 18.8. The molecular weight excluding hydrogens is 384 g/mol. The Kier molecular flexibility index (Phi) is 5.09. The van der Waals surface area contributed by atoms with Gasteiger partial charge in [-0.3, -0.25) is 9.78 Å². The van der Waals surface area contributed by atoms with Gasteiger partial charge in [0.05, 0.1) is 0 Å². The smallest absolute Gasteiger partial charge is 0.253 e. The monoisotopic (exact) mass is 416 g/mol. The Morgan fingerprint density at radius 2 is 1.65 bits per heavy atom. The van der Waals surface area contributed by atoms with Gasteiger partial charge in [-0.25, -0.2) is 0 Å². The van der Waals surface area contributed by atoms with E-state index < -0.39 is 0 Å². The lowest BCUT2D eigenvalue weighted by Gasteiger charge is -2.44. The number of piperidine rings is 2. The van der Waals surface area contributed by atoms with Crippen molar-refractivity contribution in [2.75, 3.05) is 26.2 Å². The summed E-state index contributed by atoms with van der Waals surface area (Å²) in [6.07, 6.45) is 4.77. The number of benzene rings is 1. The SMILES string of the molecule is Cc1cc(-c2[nH]c3cc(C(=O)N4CCC5(CCNCC5)CC4)ccc3c2C)cc(C)n1. The van der Waals surface area contributed by atoms with Crippen LogP contribution in [0.5, 0.6) is 0 Å². The topological polar surface area (TPSA) is 61.0 Å². The Morgan fingerprint density at radius 1 is 0.968 bits per heavy atom. The average molecular weight is 417 g/mol. The van der Waals surface area contributed by atoms with Crippen LogP contribution in [0.1, 0.15) is 53.0 Å². The zero-order valence-corrected chi connectivity index (χ0v) is 18.8. The number of hydrogen-bond acceptors (Lipinski definition) is 3. The Balaban J connectivity index is 1.39. The molecule has 162 valence electrons. The molecule has 5 rings (SSSR count). The quantitative estimate of drug-likeness (QED) is 0.633. The lowest BCUT2D eigenvalue weighted by Crippen LogP contribution is -2.47. The first-order chi connectivity index (χ1) is 14.9. The molecule has 1 amide bonds. The van der Waals surface area contributed by atoms with Crippen molar-refractivity contribution in [1.82, 2.24) is 20.2 Å². The molecule has 0 saturated carbocycles. The predicted octanol–water partition coefficient (Wildman–Crippen LogP) is 4.76. The van der Waals surface area contributed by atoms with E-state index in [9.17, 15) is 4.79 Å².